The molecule has 0 radical (unpaired) electrons. The number of aryl methyl sites for hydroxylation is 1. The van der Waals surface area contributed by atoms with Crippen molar-refractivity contribution in [1.29, 1.82) is 0 Å². The van der Waals surface area contributed by atoms with E-state index in [1.807, 2.05) is 12.1 Å². The molecule has 2 fully saturated rings. The van der Waals surface area contributed by atoms with Crippen LogP contribution in [0.5, 0.6) is 0 Å². The van der Waals surface area contributed by atoms with Crippen LogP contribution in [0.2, 0.25) is 5.02 Å². The van der Waals surface area contributed by atoms with Gasteiger partial charge in [0, 0.05) is 36.0 Å². The van der Waals surface area contributed by atoms with Crippen molar-refractivity contribution in [3.63, 3.8) is 0 Å². The fourth-order valence-corrected chi connectivity index (χ4v) is 4.57. The minimum Gasteiger partial charge on any atom is -0.356 e. The standard InChI is InChI=1S/C21H27ClN4O2/c22-17-8-6-15(7-9-17)21-24-20(28-25-21)11-10-19(27)23-14-16-4-3-13-26-12-2-1-5-18(16)26/h6-9,16,18H,1-5,10-14H2,(H,23,27)/t16-,18-/m1/s1. The van der Waals surface area contributed by atoms with E-state index in [2.05, 4.69) is 20.4 Å². The maximum Gasteiger partial charge on any atom is 0.227 e. The summed E-state index contributed by atoms with van der Waals surface area (Å²) in [6, 6.07) is 7.93. The lowest BCUT2D eigenvalue weighted by atomic mass is 9.83. The third-order valence-electron chi connectivity index (χ3n) is 5.93. The highest BCUT2D eigenvalue weighted by Gasteiger charge is 2.32. The Morgan fingerprint density at radius 2 is 2.00 bits per heavy atom. The fourth-order valence-electron chi connectivity index (χ4n) is 4.44. The summed E-state index contributed by atoms with van der Waals surface area (Å²) in [5.41, 5.74) is 0.846. The molecule has 0 unspecified atom stereocenters. The van der Waals surface area contributed by atoms with Crippen molar-refractivity contribution in [1.82, 2.24) is 20.4 Å². The maximum atomic E-state index is 12.3. The maximum absolute atomic E-state index is 12.3. The molecule has 6 nitrogen and oxygen atoms in total. The summed E-state index contributed by atoms with van der Waals surface area (Å²) in [5, 5.41) is 7.79. The van der Waals surface area contributed by atoms with Gasteiger partial charge in [-0.2, -0.15) is 4.98 Å². The number of carbonyl (C=O) groups excluding carboxylic acids is 1. The van der Waals surface area contributed by atoms with Gasteiger partial charge in [0.2, 0.25) is 17.6 Å². The minimum atomic E-state index is 0.0548. The third kappa shape index (κ3) is 4.73. The van der Waals surface area contributed by atoms with Gasteiger partial charge < -0.3 is 14.7 Å². The topological polar surface area (TPSA) is 71.3 Å². The number of halogens is 1. The van der Waals surface area contributed by atoms with Gasteiger partial charge in [0.15, 0.2) is 0 Å². The number of carbonyl (C=O) groups is 1. The molecule has 3 heterocycles. The molecular weight excluding hydrogens is 376 g/mol. The number of nitrogens with one attached hydrogen (secondary N) is 1. The summed E-state index contributed by atoms with van der Waals surface area (Å²) in [6.45, 7) is 3.23. The molecule has 1 amide bonds. The quantitative estimate of drug-likeness (QED) is 0.797. The van der Waals surface area contributed by atoms with E-state index in [-0.39, 0.29) is 5.91 Å². The first kappa shape index (κ1) is 19.4. The zero-order valence-corrected chi connectivity index (χ0v) is 16.8. The highest BCUT2D eigenvalue weighted by atomic mass is 35.5. The molecule has 2 atom stereocenters. The first-order valence-electron chi connectivity index (χ1n) is 10.3. The highest BCUT2D eigenvalue weighted by Crippen LogP contribution is 2.30. The highest BCUT2D eigenvalue weighted by molar-refractivity contribution is 6.30. The molecule has 4 rings (SSSR count). The number of amides is 1. The van der Waals surface area contributed by atoms with Gasteiger partial charge >= 0.3 is 0 Å². The second-order valence-corrected chi connectivity index (χ2v) is 8.26. The largest absolute Gasteiger partial charge is 0.356 e. The fraction of sp³-hybridized carbons (Fsp3) is 0.571. The Bertz CT molecular complexity index is 790. The molecule has 150 valence electrons. The number of piperidine rings is 2. The van der Waals surface area contributed by atoms with E-state index in [0.29, 0.717) is 41.5 Å². The molecule has 2 aliphatic heterocycles. The Hall–Kier alpha value is -1.92. The van der Waals surface area contributed by atoms with Gasteiger partial charge in [-0.05, 0) is 69.0 Å². The molecule has 0 aliphatic carbocycles. The van der Waals surface area contributed by atoms with Gasteiger partial charge in [0.1, 0.15) is 0 Å². The number of fused-ring (bicyclic) bond motifs is 1. The van der Waals surface area contributed by atoms with Crippen molar-refractivity contribution in [3.8, 4) is 11.4 Å². The van der Waals surface area contributed by atoms with Crippen molar-refractivity contribution < 1.29 is 9.32 Å². The van der Waals surface area contributed by atoms with Gasteiger partial charge in [-0.3, -0.25) is 4.79 Å². The SMILES string of the molecule is O=C(CCc1nc(-c2ccc(Cl)cc2)no1)NC[C@H]1CCCN2CCCC[C@H]12. The van der Waals surface area contributed by atoms with Crippen LogP contribution in [0.4, 0.5) is 0 Å². The van der Waals surface area contributed by atoms with Crippen molar-refractivity contribution in [2.24, 2.45) is 5.92 Å². The summed E-state index contributed by atoms with van der Waals surface area (Å²) in [4.78, 5) is 19.3. The zero-order valence-electron chi connectivity index (χ0n) is 16.1. The smallest absolute Gasteiger partial charge is 0.227 e. The molecule has 2 saturated heterocycles. The third-order valence-corrected chi connectivity index (χ3v) is 6.18. The predicted molar refractivity (Wildman–Crippen MR) is 108 cm³/mol. The molecule has 28 heavy (non-hydrogen) atoms. The van der Waals surface area contributed by atoms with Gasteiger partial charge in [-0.1, -0.05) is 23.2 Å². The van der Waals surface area contributed by atoms with Crippen LogP contribution in [-0.4, -0.2) is 46.6 Å². The number of benzene rings is 1. The van der Waals surface area contributed by atoms with Crippen LogP contribution >= 0.6 is 11.6 Å². The van der Waals surface area contributed by atoms with E-state index < -0.39 is 0 Å². The van der Waals surface area contributed by atoms with Gasteiger partial charge in [-0.15, -0.1) is 0 Å². The molecule has 1 N–H and O–H groups in total. The number of nitrogens with zero attached hydrogens (tertiary/aromatic N) is 3. The van der Waals surface area contributed by atoms with E-state index >= 15 is 0 Å². The monoisotopic (exact) mass is 402 g/mol. The number of rotatable bonds is 6. The van der Waals surface area contributed by atoms with E-state index in [4.69, 9.17) is 16.1 Å². The van der Waals surface area contributed by atoms with Crippen LogP contribution < -0.4 is 5.32 Å². The van der Waals surface area contributed by atoms with Crippen LogP contribution in [0.1, 0.15) is 44.4 Å². The van der Waals surface area contributed by atoms with E-state index in [1.54, 1.807) is 12.1 Å². The van der Waals surface area contributed by atoms with Crippen LogP contribution in [0.25, 0.3) is 11.4 Å². The van der Waals surface area contributed by atoms with Crippen LogP contribution in [-0.2, 0) is 11.2 Å². The lowest BCUT2D eigenvalue weighted by Crippen LogP contribution is -2.51. The number of hydrogen-bond donors (Lipinski definition) is 1. The Labute approximate surface area is 170 Å². The molecule has 2 aliphatic rings. The van der Waals surface area contributed by atoms with E-state index in [1.165, 1.54) is 45.2 Å². The molecular formula is C21H27ClN4O2. The van der Waals surface area contributed by atoms with Crippen LogP contribution in [0.15, 0.2) is 28.8 Å². The van der Waals surface area contributed by atoms with Crippen molar-refractivity contribution >= 4 is 17.5 Å². The van der Waals surface area contributed by atoms with Crippen LogP contribution in [0, 0.1) is 5.92 Å². The lowest BCUT2D eigenvalue weighted by Gasteiger charge is -2.44. The average Bonchev–Trinajstić information content (AvgIpc) is 3.20. The molecule has 2 aromatic rings. The molecule has 7 heteroatoms. The lowest BCUT2D eigenvalue weighted by molar-refractivity contribution is -0.121. The minimum absolute atomic E-state index is 0.0548. The van der Waals surface area contributed by atoms with E-state index in [0.717, 1.165) is 12.1 Å². The molecule has 0 saturated carbocycles. The predicted octanol–water partition coefficient (Wildman–Crippen LogP) is 3.70. The summed E-state index contributed by atoms with van der Waals surface area (Å²) in [6.07, 6.45) is 7.19. The Morgan fingerprint density at radius 1 is 1.18 bits per heavy atom. The average molecular weight is 403 g/mol. The van der Waals surface area contributed by atoms with Crippen molar-refractivity contribution in [2.45, 2.75) is 51.0 Å². The normalized spacial score (nSPS) is 22.6. The molecule has 0 spiro atoms. The summed E-state index contributed by atoms with van der Waals surface area (Å²) in [7, 11) is 0. The zero-order chi connectivity index (χ0) is 19.3. The molecule has 1 aromatic heterocycles. The van der Waals surface area contributed by atoms with Gasteiger partial charge in [0.25, 0.3) is 0 Å². The molecule has 0 bridgehead atoms. The summed E-state index contributed by atoms with van der Waals surface area (Å²) in [5.74, 6) is 1.64. The Balaban J connectivity index is 1.24. The first-order valence-corrected chi connectivity index (χ1v) is 10.7. The summed E-state index contributed by atoms with van der Waals surface area (Å²) >= 11 is 5.90. The Morgan fingerprint density at radius 3 is 2.86 bits per heavy atom. The van der Waals surface area contributed by atoms with Gasteiger partial charge in [0.05, 0.1) is 0 Å². The van der Waals surface area contributed by atoms with Gasteiger partial charge in [-0.25, -0.2) is 0 Å². The molecule has 1 aromatic carbocycles. The van der Waals surface area contributed by atoms with Crippen LogP contribution in [0.3, 0.4) is 0 Å². The number of hydrogen-bond acceptors (Lipinski definition) is 5. The summed E-state index contributed by atoms with van der Waals surface area (Å²) < 4.78 is 5.28. The second kappa shape index (κ2) is 9.05. The van der Waals surface area contributed by atoms with Crippen molar-refractivity contribution in [3.05, 3.63) is 35.2 Å². The first-order chi connectivity index (χ1) is 13.7. The van der Waals surface area contributed by atoms with E-state index in [9.17, 15) is 4.79 Å². The Kier molecular flexibility index (Phi) is 6.27. The van der Waals surface area contributed by atoms with Crippen molar-refractivity contribution in [2.75, 3.05) is 19.6 Å². The number of aromatic nitrogens is 2. The second-order valence-electron chi connectivity index (χ2n) is 7.82.